The number of rotatable bonds is 5. The molecule has 0 atom stereocenters. The zero-order chi connectivity index (χ0) is 17.9. The van der Waals surface area contributed by atoms with Gasteiger partial charge in [0.05, 0.1) is 10.0 Å². The van der Waals surface area contributed by atoms with E-state index in [9.17, 15) is 0 Å². The molecule has 5 heteroatoms. The van der Waals surface area contributed by atoms with Gasteiger partial charge in [-0.2, -0.15) is 0 Å². The van der Waals surface area contributed by atoms with E-state index in [-0.39, 0.29) is 0 Å². The number of nitrogens with one attached hydrogen (secondary N) is 1. The summed E-state index contributed by atoms with van der Waals surface area (Å²) in [6.45, 7) is 3.83. The molecule has 0 aliphatic carbocycles. The van der Waals surface area contributed by atoms with Gasteiger partial charge in [-0.25, -0.2) is 0 Å². The van der Waals surface area contributed by atoms with E-state index in [0.717, 1.165) is 41.9 Å². The fourth-order valence-electron chi connectivity index (χ4n) is 2.79. The second-order valence-electron chi connectivity index (χ2n) is 5.70. The first-order valence-electron chi connectivity index (χ1n) is 8.17. The first-order chi connectivity index (χ1) is 12.8. The number of H-pyrrole nitrogens is 1. The molecule has 0 aliphatic heterocycles. The van der Waals surface area contributed by atoms with E-state index in [1.165, 1.54) is 4.90 Å². The Bertz CT molecular complexity index is 1160. The largest absolute Gasteiger partial charge is 0.360 e. The summed E-state index contributed by atoms with van der Waals surface area (Å²) in [5.41, 5.74) is 2.05. The highest BCUT2D eigenvalue weighted by atomic mass is 32.2. The summed E-state index contributed by atoms with van der Waals surface area (Å²) < 4.78 is 0.880. The summed E-state index contributed by atoms with van der Waals surface area (Å²) in [6, 6.07) is 16.4. The molecule has 0 unspecified atom stereocenters. The van der Waals surface area contributed by atoms with Gasteiger partial charge in [-0.05, 0) is 12.1 Å². The van der Waals surface area contributed by atoms with Crippen molar-refractivity contribution in [2.75, 3.05) is 5.75 Å². The van der Waals surface area contributed by atoms with Gasteiger partial charge in [0.1, 0.15) is 0 Å². The van der Waals surface area contributed by atoms with Crippen LogP contribution in [-0.2, 0) is 0 Å². The van der Waals surface area contributed by atoms with Crippen molar-refractivity contribution in [3.05, 3.63) is 78.1 Å². The molecule has 0 fully saturated rings. The van der Waals surface area contributed by atoms with Gasteiger partial charge < -0.3 is 4.98 Å². The van der Waals surface area contributed by atoms with Gasteiger partial charge in [-0.1, -0.05) is 66.5 Å². The van der Waals surface area contributed by atoms with Crippen molar-refractivity contribution >= 4 is 57.5 Å². The summed E-state index contributed by atoms with van der Waals surface area (Å²) >= 11 is 9.22. The Morgan fingerprint density at radius 2 is 1.81 bits per heavy atom. The number of nitrogens with zero attached hydrogens (tertiary/aromatic N) is 1. The van der Waals surface area contributed by atoms with Crippen LogP contribution < -0.4 is 0 Å². The monoisotopic (exact) mass is 392 g/mol. The van der Waals surface area contributed by atoms with E-state index in [4.69, 9.17) is 12.2 Å². The predicted octanol–water partition coefficient (Wildman–Crippen LogP) is 6.87. The van der Waals surface area contributed by atoms with Crippen LogP contribution in [-0.4, -0.2) is 15.7 Å². The zero-order valence-electron chi connectivity index (χ0n) is 13.9. The van der Waals surface area contributed by atoms with Crippen molar-refractivity contribution in [3.8, 4) is 0 Å². The number of benzene rings is 2. The van der Waals surface area contributed by atoms with Crippen LogP contribution in [0.2, 0.25) is 0 Å². The molecule has 2 aromatic carbocycles. The third-order valence-corrected chi connectivity index (χ3v) is 6.92. The first kappa shape index (κ1) is 17.3. The minimum absolute atomic E-state index is 0.845. The van der Waals surface area contributed by atoms with E-state index >= 15 is 0 Å². The van der Waals surface area contributed by atoms with Gasteiger partial charge >= 0.3 is 0 Å². The highest BCUT2D eigenvalue weighted by Gasteiger charge is 2.12. The molecule has 0 bridgehead atoms. The van der Waals surface area contributed by atoms with Crippen LogP contribution in [0.3, 0.4) is 0 Å². The van der Waals surface area contributed by atoms with Crippen LogP contribution >= 0.6 is 35.7 Å². The van der Waals surface area contributed by atoms with Gasteiger partial charge in [0.25, 0.3) is 0 Å². The van der Waals surface area contributed by atoms with Crippen molar-refractivity contribution in [1.29, 1.82) is 0 Å². The number of fused-ring (bicyclic) bond motifs is 2. The number of pyridine rings is 2. The number of hydrogen-bond acceptors (Lipinski definition) is 4. The average molecular weight is 393 g/mol. The molecule has 4 aromatic rings. The SMILES string of the molecule is C=CCSc1cnc2ccccc2c1Sc1c[nH]c2ccccc2c1=S. The molecule has 0 spiro atoms. The Morgan fingerprint density at radius 1 is 1.04 bits per heavy atom. The highest BCUT2D eigenvalue weighted by Crippen LogP contribution is 2.40. The fraction of sp³-hybridized carbons (Fsp3) is 0.0476. The number of aromatic nitrogens is 2. The molecule has 128 valence electrons. The van der Waals surface area contributed by atoms with Gasteiger partial charge in [0.2, 0.25) is 0 Å². The molecule has 1 N–H and O–H groups in total. The van der Waals surface area contributed by atoms with Crippen LogP contribution in [0.15, 0.2) is 88.3 Å². The third kappa shape index (κ3) is 3.30. The second-order valence-corrected chi connectivity index (χ2v) is 8.22. The van der Waals surface area contributed by atoms with Gasteiger partial charge in [0, 0.05) is 49.1 Å². The van der Waals surface area contributed by atoms with Crippen LogP contribution in [0.4, 0.5) is 0 Å². The molecule has 2 nitrogen and oxygen atoms in total. The second kappa shape index (κ2) is 7.66. The quantitative estimate of drug-likeness (QED) is 0.228. The molecule has 2 aromatic heterocycles. The molecule has 26 heavy (non-hydrogen) atoms. The molecule has 0 saturated carbocycles. The highest BCUT2D eigenvalue weighted by molar-refractivity contribution is 8.02. The van der Waals surface area contributed by atoms with Crippen LogP contribution in [0.25, 0.3) is 21.8 Å². The maximum absolute atomic E-state index is 5.77. The zero-order valence-corrected chi connectivity index (χ0v) is 16.4. The van der Waals surface area contributed by atoms with E-state index in [2.05, 4.69) is 34.7 Å². The first-order valence-corrected chi connectivity index (χ1v) is 10.4. The predicted molar refractivity (Wildman–Crippen MR) is 116 cm³/mol. The molecule has 0 radical (unpaired) electrons. The molecular weight excluding hydrogens is 376 g/mol. The van der Waals surface area contributed by atoms with Crippen LogP contribution in [0.1, 0.15) is 0 Å². The number of aromatic amines is 1. The standard InChI is InChI=1S/C21H16N2S3/c1-2-11-25-19-13-23-17-10-6-4-8-15(17)21(19)26-18-12-22-16-9-5-3-7-14(16)20(18)24/h2-10,12-13H,1,11H2,(H,22,24). The summed E-state index contributed by atoms with van der Waals surface area (Å²) in [5, 5.41) is 2.22. The molecule has 0 aliphatic rings. The van der Waals surface area contributed by atoms with Gasteiger partial charge in [-0.3, -0.25) is 4.98 Å². The normalized spacial score (nSPS) is 11.1. The lowest BCUT2D eigenvalue weighted by Crippen LogP contribution is -1.89. The van der Waals surface area contributed by atoms with E-state index < -0.39 is 0 Å². The number of para-hydroxylation sites is 2. The van der Waals surface area contributed by atoms with Crippen molar-refractivity contribution < 1.29 is 0 Å². The lowest BCUT2D eigenvalue weighted by atomic mass is 10.2. The Labute approximate surface area is 165 Å². The molecule has 4 rings (SSSR count). The third-order valence-electron chi connectivity index (χ3n) is 4.02. The Morgan fingerprint density at radius 3 is 2.65 bits per heavy atom. The van der Waals surface area contributed by atoms with Crippen molar-refractivity contribution in [1.82, 2.24) is 9.97 Å². The maximum Gasteiger partial charge on any atom is 0.0714 e. The number of thioether (sulfide) groups is 1. The molecule has 0 saturated heterocycles. The van der Waals surface area contributed by atoms with E-state index in [0.29, 0.717) is 0 Å². The van der Waals surface area contributed by atoms with E-state index in [1.807, 2.05) is 48.8 Å². The smallest absolute Gasteiger partial charge is 0.0714 e. The Kier molecular flexibility index (Phi) is 5.11. The maximum atomic E-state index is 5.77. The van der Waals surface area contributed by atoms with Crippen molar-refractivity contribution in [2.45, 2.75) is 14.7 Å². The Hall–Kier alpha value is -2.08. The lowest BCUT2D eigenvalue weighted by molar-refractivity contribution is 1.19. The Balaban J connectivity index is 1.87. The lowest BCUT2D eigenvalue weighted by Gasteiger charge is -2.12. The fourth-order valence-corrected chi connectivity index (χ4v) is 5.09. The van der Waals surface area contributed by atoms with E-state index in [1.54, 1.807) is 23.5 Å². The molecule has 2 heterocycles. The van der Waals surface area contributed by atoms with Gasteiger partial charge in [-0.15, -0.1) is 18.3 Å². The van der Waals surface area contributed by atoms with Crippen LogP contribution in [0, 0.1) is 4.51 Å². The minimum atomic E-state index is 0.845. The molecular formula is C21H16N2S3. The average Bonchev–Trinajstić information content (AvgIpc) is 2.69. The molecule has 0 amide bonds. The van der Waals surface area contributed by atoms with Gasteiger partial charge in [0.15, 0.2) is 0 Å². The number of hydrogen-bond donors (Lipinski definition) is 1. The van der Waals surface area contributed by atoms with Crippen molar-refractivity contribution in [2.24, 2.45) is 0 Å². The summed E-state index contributed by atoms with van der Waals surface area (Å²) in [5.74, 6) is 0.845. The van der Waals surface area contributed by atoms with Crippen molar-refractivity contribution in [3.63, 3.8) is 0 Å². The summed E-state index contributed by atoms with van der Waals surface area (Å²) in [6.07, 6.45) is 5.87. The summed E-state index contributed by atoms with van der Waals surface area (Å²) in [4.78, 5) is 11.4. The summed E-state index contributed by atoms with van der Waals surface area (Å²) in [7, 11) is 0. The van der Waals surface area contributed by atoms with Crippen LogP contribution in [0.5, 0.6) is 0 Å². The minimum Gasteiger partial charge on any atom is -0.360 e. The topological polar surface area (TPSA) is 28.7 Å².